The average Bonchev–Trinajstić information content (AvgIpc) is 2.24. The summed E-state index contributed by atoms with van der Waals surface area (Å²) in [4.78, 5) is 0. The van der Waals surface area contributed by atoms with Gasteiger partial charge in [-0.05, 0) is 25.8 Å². The molecule has 0 spiro atoms. The molecule has 0 saturated heterocycles. The van der Waals surface area contributed by atoms with E-state index in [-0.39, 0.29) is 5.60 Å². The van der Waals surface area contributed by atoms with Gasteiger partial charge in [0.25, 0.3) is 0 Å². The normalized spacial score (nSPS) is 20.4. The summed E-state index contributed by atoms with van der Waals surface area (Å²) in [6, 6.07) is 0. The van der Waals surface area contributed by atoms with Crippen LogP contribution in [0.2, 0.25) is 0 Å². The Labute approximate surface area is 94.5 Å². The van der Waals surface area contributed by atoms with Crippen molar-refractivity contribution in [2.45, 2.75) is 70.3 Å². The lowest BCUT2D eigenvalue weighted by Crippen LogP contribution is -2.42. The molecular formula is C13H27NO. The van der Waals surface area contributed by atoms with Gasteiger partial charge in [-0.2, -0.15) is 0 Å². The summed E-state index contributed by atoms with van der Waals surface area (Å²) in [7, 11) is 0. The van der Waals surface area contributed by atoms with Crippen LogP contribution in [0.4, 0.5) is 0 Å². The van der Waals surface area contributed by atoms with E-state index in [9.17, 15) is 5.11 Å². The van der Waals surface area contributed by atoms with E-state index in [1.54, 1.807) is 0 Å². The first-order valence-corrected chi connectivity index (χ1v) is 6.70. The molecule has 0 aromatic carbocycles. The van der Waals surface area contributed by atoms with Crippen molar-refractivity contribution in [2.75, 3.05) is 13.1 Å². The minimum atomic E-state index is -0.386. The lowest BCUT2D eigenvalue weighted by atomic mass is 9.85. The van der Waals surface area contributed by atoms with Crippen LogP contribution in [0.15, 0.2) is 0 Å². The Morgan fingerprint density at radius 2 is 1.80 bits per heavy atom. The second-order valence-corrected chi connectivity index (χ2v) is 5.02. The second kappa shape index (κ2) is 7.24. The molecule has 0 aromatic heterocycles. The van der Waals surface area contributed by atoms with Crippen molar-refractivity contribution in [1.29, 1.82) is 0 Å². The van der Waals surface area contributed by atoms with Crippen molar-refractivity contribution < 1.29 is 5.11 Å². The zero-order valence-electron chi connectivity index (χ0n) is 10.2. The van der Waals surface area contributed by atoms with Gasteiger partial charge in [0, 0.05) is 6.54 Å². The van der Waals surface area contributed by atoms with Crippen LogP contribution in [0.3, 0.4) is 0 Å². The van der Waals surface area contributed by atoms with Gasteiger partial charge < -0.3 is 10.4 Å². The Morgan fingerprint density at radius 1 is 1.07 bits per heavy atom. The Hall–Kier alpha value is -0.0800. The fourth-order valence-electron chi connectivity index (χ4n) is 2.38. The highest BCUT2D eigenvalue weighted by Gasteiger charge is 2.28. The van der Waals surface area contributed by atoms with Crippen molar-refractivity contribution in [3.05, 3.63) is 0 Å². The van der Waals surface area contributed by atoms with Crippen LogP contribution in [0.5, 0.6) is 0 Å². The van der Waals surface area contributed by atoms with Gasteiger partial charge in [0.1, 0.15) is 0 Å². The van der Waals surface area contributed by atoms with Gasteiger partial charge in [0.2, 0.25) is 0 Å². The van der Waals surface area contributed by atoms with Gasteiger partial charge >= 0.3 is 0 Å². The standard InChI is InChI=1S/C13H27NO/c1-2-3-4-8-11-14-12-13(15)9-6-5-7-10-13/h14-15H,2-12H2,1H3. The Kier molecular flexibility index (Phi) is 6.26. The first kappa shape index (κ1) is 13.0. The van der Waals surface area contributed by atoms with Crippen molar-refractivity contribution >= 4 is 0 Å². The van der Waals surface area contributed by atoms with Crippen molar-refractivity contribution in [3.8, 4) is 0 Å². The van der Waals surface area contributed by atoms with Crippen LogP contribution in [-0.2, 0) is 0 Å². The van der Waals surface area contributed by atoms with E-state index in [2.05, 4.69) is 12.2 Å². The zero-order chi connectivity index (χ0) is 11.0. The summed E-state index contributed by atoms with van der Waals surface area (Å²) in [5.41, 5.74) is -0.386. The molecule has 1 rings (SSSR count). The molecule has 2 nitrogen and oxygen atoms in total. The third kappa shape index (κ3) is 5.53. The summed E-state index contributed by atoms with van der Waals surface area (Å²) in [5, 5.41) is 13.6. The zero-order valence-corrected chi connectivity index (χ0v) is 10.2. The fraction of sp³-hybridized carbons (Fsp3) is 1.00. The molecule has 90 valence electrons. The maximum atomic E-state index is 10.2. The molecule has 15 heavy (non-hydrogen) atoms. The van der Waals surface area contributed by atoms with Gasteiger partial charge in [0.15, 0.2) is 0 Å². The number of hydrogen-bond acceptors (Lipinski definition) is 2. The van der Waals surface area contributed by atoms with Gasteiger partial charge in [-0.25, -0.2) is 0 Å². The molecule has 1 aliphatic rings. The van der Waals surface area contributed by atoms with Gasteiger partial charge in [-0.3, -0.25) is 0 Å². The third-order valence-electron chi connectivity index (χ3n) is 3.45. The number of rotatable bonds is 7. The van der Waals surface area contributed by atoms with E-state index in [0.29, 0.717) is 0 Å². The van der Waals surface area contributed by atoms with Crippen LogP contribution < -0.4 is 5.32 Å². The summed E-state index contributed by atoms with van der Waals surface area (Å²) in [6.07, 6.45) is 10.9. The molecule has 0 atom stereocenters. The molecular weight excluding hydrogens is 186 g/mol. The maximum Gasteiger partial charge on any atom is 0.0771 e. The lowest BCUT2D eigenvalue weighted by molar-refractivity contribution is 0.00504. The molecule has 0 aliphatic heterocycles. The van der Waals surface area contributed by atoms with Crippen LogP contribution >= 0.6 is 0 Å². The minimum Gasteiger partial charge on any atom is -0.389 e. The quantitative estimate of drug-likeness (QED) is 0.637. The highest BCUT2D eigenvalue weighted by atomic mass is 16.3. The van der Waals surface area contributed by atoms with Crippen LogP contribution in [0.1, 0.15) is 64.7 Å². The van der Waals surface area contributed by atoms with E-state index < -0.39 is 0 Å². The summed E-state index contributed by atoms with van der Waals surface area (Å²) in [5.74, 6) is 0. The molecule has 1 fully saturated rings. The molecule has 1 saturated carbocycles. The van der Waals surface area contributed by atoms with E-state index in [0.717, 1.165) is 25.9 Å². The Bertz CT molecular complexity index is 153. The highest BCUT2D eigenvalue weighted by molar-refractivity contribution is 4.84. The smallest absolute Gasteiger partial charge is 0.0771 e. The summed E-state index contributed by atoms with van der Waals surface area (Å²) >= 11 is 0. The SMILES string of the molecule is CCCCCCNCC1(O)CCCCC1. The Morgan fingerprint density at radius 3 is 2.47 bits per heavy atom. The van der Waals surface area contributed by atoms with Crippen LogP contribution in [0, 0.1) is 0 Å². The van der Waals surface area contributed by atoms with E-state index >= 15 is 0 Å². The highest BCUT2D eigenvalue weighted by Crippen LogP contribution is 2.27. The predicted molar refractivity (Wildman–Crippen MR) is 65.0 cm³/mol. The second-order valence-electron chi connectivity index (χ2n) is 5.02. The topological polar surface area (TPSA) is 32.3 Å². The van der Waals surface area contributed by atoms with Crippen LogP contribution in [0.25, 0.3) is 0 Å². The minimum absolute atomic E-state index is 0.386. The molecule has 0 unspecified atom stereocenters. The summed E-state index contributed by atoms with van der Waals surface area (Å²) < 4.78 is 0. The fourth-order valence-corrected chi connectivity index (χ4v) is 2.38. The van der Waals surface area contributed by atoms with Gasteiger partial charge in [-0.15, -0.1) is 0 Å². The molecule has 2 heteroatoms. The monoisotopic (exact) mass is 213 g/mol. The van der Waals surface area contributed by atoms with E-state index in [1.807, 2.05) is 0 Å². The molecule has 0 heterocycles. The first-order valence-electron chi connectivity index (χ1n) is 6.70. The predicted octanol–water partition coefficient (Wildman–Crippen LogP) is 2.85. The number of unbranched alkanes of at least 4 members (excludes halogenated alkanes) is 3. The van der Waals surface area contributed by atoms with E-state index in [4.69, 9.17) is 0 Å². The lowest BCUT2D eigenvalue weighted by Gasteiger charge is -2.32. The summed E-state index contributed by atoms with van der Waals surface area (Å²) in [6.45, 7) is 4.11. The average molecular weight is 213 g/mol. The van der Waals surface area contributed by atoms with E-state index in [1.165, 1.54) is 44.9 Å². The molecule has 1 aliphatic carbocycles. The van der Waals surface area contributed by atoms with Crippen molar-refractivity contribution in [2.24, 2.45) is 0 Å². The molecule has 2 N–H and O–H groups in total. The number of hydrogen-bond donors (Lipinski definition) is 2. The largest absolute Gasteiger partial charge is 0.389 e. The molecule has 0 amide bonds. The van der Waals surface area contributed by atoms with Gasteiger partial charge in [0.05, 0.1) is 5.60 Å². The number of aliphatic hydroxyl groups is 1. The Balaban J connectivity index is 1.98. The third-order valence-corrected chi connectivity index (χ3v) is 3.45. The molecule has 0 bridgehead atoms. The first-order chi connectivity index (χ1) is 7.27. The van der Waals surface area contributed by atoms with Crippen LogP contribution in [-0.4, -0.2) is 23.8 Å². The number of nitrogens with one attached hydrogen (secondary N) is 1. The molecule has 0 radical (unpaired) electrons. The maximum absolute atomic E-state index is 10.2. The van der Waals surface area contributed by atoms with Gasteiger partial charge in [-0.1, -0.05) is 45.4 Å². The van der Waals surface area contributed by atoms with Crippen molar-refractivity contribution in [3.63, 3.8) is 0 Å². The van der Waals surface area contributed by atoms with Crippen molar-refractivity contribution in [1.82, 2.24) is 5.32 Å². The molecule has 0 aromatic rings.